The van der Waals surface area contributed by atoms with E-state index in [9.17, 15) is 31.1 Å². The zero-order valence-corrected chi connectivity index (χ0v) is 12.1. The minimum atomic E-state index is -3.12. The van der Waals surface area contributed by atoms with Gasteiger partial charge in [0.05, 0.1) is 10.6 Å². The zero-order chi connectivity index (χ0) is 18.0. The summed E-state index contributed by atoms with van der Waals surface area (Å²) in [5, 5.41) is 1.73. The highest BCUT2D eigenvalue weighted by atomic mass is 35.5. The topological polar surface area (TPSA) is 38.3 Å². The van der Waals surface area contributed by atoms with Crippen LogP contribution in [0.5, 0.6) is 5.75 Å². The lowest BCUT2D eigenvalue weighted by atomic mass is 10.1. The highest BCUT2D eigenvalue weighted by molar-refractivity contribution is 6.32. The fourth-order valence-electron chi connectivity index (χ4n) is 1.71. The van der Waals surface area contributed by atoms with E-state index in [4.69, 9.17) is 11.6 Å². The largest absolute Gasteiger partial charge is 0.433 e. The Kier molecular flexibility index (Phi) is 5.23. The van der Waals surface area contributed by atoms with Crippen LogP contribution in [-0.4, -0.2) is 12.5 Å². The van der Waals surface area contributed by atoms with Crippen LogP contribution in [0.3, 0.4) is 0 Å². The van der Waals surface area contributed by atoms with Gasteiger partial charge in [0.1, 0.15) is 5.75 Å². The summed E-state index contributed by atoms with van der Waals surface area (Å²) in [6.07, 6.45) is 0. The summed E-state index contributed by atoms with van der Waals surface area (Å²) in [5.41, 5.74) is -1.19. The molecule has 0 heterocycles. The number of carbonyl (C=O) groups excluding carboxylic acids is 1. The molecule has 0 radical (unpaired) electrons. The van der Waals surface area contributed by atoms with Crippen molar-refractivity contribution >= 4 is 23.2 Å². The maximum absolute atomic E-state index is 13.5. The summed E-state index contributed by atoms with van der Waals surface area (Å²) in [7, 11) is 0. The Hall–Kier alpha value is -2.42. The van der Waals surface area contributed by atoms with Gasteiger partial charge in [-0.05, 0) is 24.3 Å². The Morgan fingerprint density at radius 2 is 1.71 bits per heavy atom. The maximum atomic E-state index is 13.5. The molecule has 0 aliphatic rings. The van der Waals surface area contributed by atoms with E-state index in [1.165, 1.54) is 0 Å². The third kappa shape index (κ3) is 3.73. The van der Waals surface area contributed by atoms with Crippen LogP contribution in [0.25, 0.3) is 0 Å². The summed E-state index contributed by atoms with van der Waals surface area (Å²) < 4.78 is 80.8. The standard InChI is InChI=1S/C14H6ClF6NO2/c15-7-3-5(1-2-9(7)24-14(20)21)22-13(23)6-4-8(16)11(18)12(19)10(6)17/h1-4,14H,(H,22,23). The average Bonchev–Trinajstić information content (AvgIpc) is 2.51. The molecule has 10 heteroatoms. The van der Waals surface area contributed by atoms with Crippen molar-refractivity contribution in [2.24, 2.45) is 0 Å². The van der Waals surface area contributed by atoms with E-state index in [1.807, 2.05) is 5.32 Å². The molecule has 0 aromatic heterocycles. The SMILES string of the molecule is O=C(Nc1ccc(OC(F)F)c(Cl)c1)c1cc(F)c(F)c(F)c1F. The van der Waals surface area contributed by atoms with Crippen molar-refractivity contribution in [2.45, 2.75) is 6.61 Å². The molecule has 2 rings (SSSR count). The van der Waals surface area contributed by atoms with Gasteiger partial charge in [0, 0.05) is 5.69 Å². The van der Waals surface area contributed by atoms with Gasteiger partial charge in [-0.15, -0.1) is 0 Å². The van der Waals surface area contributed by atoms with Gasteiger partial charge >= 0.3 is 6.61 Å². The Balaban J connectivity index is 2.26. The minimum Gasteiger partial charge on any atom is -0.433 e. The molecule has 0 aliphatic carbocycles. The van der Waals surface area contributed by atoms with Crippen molar-refractivity contribution in [3.63, 3.8) is 0 Å². The third-order valence-electron chi connectivity index (χ3n) is 2.75. The fourth-order valence-corrected chi connectivity index (χ4v) is 1.93. The molecule has 1 N–H and O–H groups in total. The monoisotopic (exact) mass is 369 g/mol. The number of ether oxygens (including phenoxy) is 1. The quantitative estimate of drug-likeness (QED) is 0.480. The molecule has 2 aromatic rings. The van der Waals surface area contributed by atoms with Crippen LogP contribution < -0.4 is 10.1 Å². The number of hydrogen-bond acceptors (Lipinski definition) is 2. The molecule has 24 heavy (non-hydrogen) atoms. The van der Waals surface area contributed by atoms with Gasteiger partial charge in [-0.3, -0.25) is 4.79 Å². The van der Waals surface area contributed by atoms with Crippen LogP contribution in [-0.2, 0) is 0 Å². The summed E-state index contributed by atoms with van der Waals surface area (Å²) >= 11 is 5.65. The molecular weight excluding hydrogens is 364 g/mol. The van der Waals surface area contributed by atoms with Crippen LogP contribution in [0.2, 0.25) is 5.02 Å². The summed E-state index contributed by atoms with van der Waals surface area (Å²) in [6, 6.07) is 3.24. The van der Waals surface area contributed by atoms with E-state index in [2.05, 4.69) is 4.74 Å². The molecule has 1 amide bonds. The van der Waals surface area contributed by atoms with Crippen LogP contribution >= 0.6 is 11.6 Å². The van der Waals surface area contributed by atoms with E-state index in [1.54, 1.807) is 0 Å². The fraction of sp³-hybridized carbons (Fsp3) is 0.0714. The first-order valence-electron chi connectivity index (χ1n) is 6.09. The number of alkyl halides is 2. The second-order valence-electron chi connectivity index (χ2n) is 4.33. The van der Waals surface area contributed by atoms with Crippen molar-refractivity contribution < 1.29 is 35.9 Å². The lowest BCUT2D eigenvalue weighted by Crippen LogP contribution is -2.16. The molecule has 0 fully saturated rings. The molecule has 0 saturated heterocycles. The third-order valence-corrected chi connectivity index (χ3v) is 3.05. The zero-order valence-electron chi connectivity index (χ0n) is 11.3. The molecular formula is C14H6ClF6NO2. The van der Waals surface area contributed by atoms with Crippen molar-refractivity contribution in [1.29, 1.82) is 0 Å². The van der Waals surface area contributed by atoms with Crippen LogP contribution in [0.4, 0.5) is 32.0 Å². The molecule has 2 aromatic carbocycles. The summed E-state index contributed by atoms with van der Waals surface area (Å²) in [6.45, 7) is -3.12. The number of amides is 1. The Morgan fingerprint density at radius 3 is 2.29 bits per heavy atom. The Labute approximate surface area is 135 Å². The molecule has 0 bridgehead atoms. The van der Waals surface area contributed by atoms with Gasteiger partial charge in [-0.1, -0.05) is 11.6 Å². The Bertz CT molecular complexity index is 799. The summed E-state index contributed by atoms with van der Waals surface area (Å²) in [4.78, 5) is 11.8. The number of nitrogens with one attached hydrogen (secondary N) is 1. The van der Waals surface area contributed by atoms with E-state index >= 15 is 0 Å². The molecule has 128 valence electrons. The lowest BCUT2D eigenvalue weighted by molar-refractivity contribution is -0.0497. The molecule has 0 spiro atoms. The van der Waals surface area contributed by atoms with E-state index in [-0.39, 0.29) is 22.5 Å². The van der Waals surface area contributed by atoms with Gasteiger partial charge < -0.3 is 10.1 Å². The van der Waals surface area contributed by atoms with Crippen molar-refractivity contribution in [3.8, 4) is 5.75 Å². The number of hydrogen-bond donors (Lipinski definition) is 1. The highest BCUT2D eigenvalue weighted by Gasteiger charge is 2.23. The number of carbonyl (C=O) groups is 1. The van der Waals surface area contributed by atoms with E-state index < -0.39 is 41.4 Å². The number of anilines is 1. The van der Waals surface area contributed by atoms with Crippen molar-refractivity contribution in [3.05, 3.63) is 58.1 Å². The Morgan fingerprint density at radius 1 is 1.04 bits per heavy atom. The van der Waals surface area contributed by atoms with Gasteiger partial charge in [0.25, 0.3) is 5.91 Å². The van der Waals surface area contributed by atoms with Gasteiger partial charge in [-0.2, -0.15) is 8.78 Å². The van der Waals surface area contributed by atoms with Crippen LogP contribution in [0, 0.1) is 23.3 Å². The predicted octanol–water partition coefficient (Wildman–Crippen LogP) is 4.75. The van der Waals surface area contributed by atoms with E-state index in [0.29, 0.717) is 0 Å². The predicted molar refractivity (Wildman–Crippen MR) is 72.3 cm³/mol. The van der Waals surface area contributed by atoms with Gasteiger partial charge in [0.15, 0.2) is 23.3 Å². The first kappa shape index (κ1) is 17.9. The lowest BCUT2D eigenvalue weighted by Gasteiger charge is -2.10. The first-order chi connectivity index (χ1) is 11.2. The average molecular weight is 370 g/mol. The van der Waals surface area contributed by atoms with Gasteiger partial charge in [0.2, 0.25) is 0 Å². The number of halogens is 7. The van der Waals surface area contributed by atoms with E-state index in [0.717, 1.165) is 18.2 Å². The molecule has 0 saturated carbocycles. The second kappa shape index (κ2) is 7.00. The first-order valence-corrected chi connectivity index (χ1v) is 6.47. The normalized spacial score (nSPS) is 10.8. The smallest absolute Gasteiger partial charge is 0.387 e. The molecule has 3 nitrogen and oxygen atoms in total. The van der Waals surface area contributed by atoms with Gasteiger partial charge in [-0.25, -0.2) is 17.6 Å². The van der Waals surface area contributed by atoms with Crippen LogP contribution in [0.15, 0.2) is 24.3 Å². The maximum Gasteiger partial charge on any atom is 0.387 e. The van der Waals surface area contributed by atoms with Crippen molar-refractivity contribution in [1.82, 2.24) is 0 Å². The molecule has 0 atom stereocenters. The second-order valence-corrected chi connectivity index (χ2v) is 4.73. The van der Waals surface area contributed by atoms with Crippen molar-refractivity contribution in [2.75, 3.05) is 5.32 Å². The summed E-state index contributed by atoms with van der Waals surface area (Å²) in [5.74, 6) is -9.51. The van der Waals surface area contributed by atoms with Crippen LogP contribution in [0.1, 0.15) is 10.4 Å². The molecule has 0 aliphatic heterocycles. The minimum absolute atomic E-state index is 0.101. The number of rotatable bonds is 4. The molecule has 0 unspecified atom stereocenters. The number of benzene rings is 2. The highest BCUT2D eigenvalue weighted by Crippen LogP contribution is 2.29.